The van der Waals surface area contributed by atoms with Crippen LogP contribution in [0.1, 0.15) is 0 Å². The third kappa shape index (κ3) is 8.87. The molecule has 10 nitrogen and oxygen atoms in total. The van der Waals surface area contributed by atoms with Crippen LogP contribution in [0.5, 0.6) is 0 Å². The van der Waals surface area contributed by atoms with Crippen molar-refractivity contribution in [2.24, 2.45) is 5.73 Å². The molecular formula is C12H16N4O6. The Balaban J connectivity index is 0.000000464. The zero-order valence-corrected chi connectivity index (χ0v) is 11.5. The van der Waals surface area contributed by atoms with Crippen molar-refractivity contribution in [3.05, 3.63) is 62.7 Å². The van der Waals surface area contributed by atoms with Gasteiger partial charge in [-0.15, -0.1) is 20.2 Å². The van der Waals surface area contributed by atoms with Gasteiger partial charge in [0.05, 0.1) is 0 Å². The smallest absolute Gasteiger partial charge is 0.291 e. The zero-order valence-electron chi connectivity index (χ0n) is 11.5. The molecule has 0 spiro atoms. The topological polar surface area (TPSA) is 165 Å². The monoisotopic (exact) mass is 312 g/mol. The molecule has 0 amide bonds. The number of nitrogens with two attached hydrogens (primary N) is 1. The normalized spacial score (nSPS) is 8.77. The molecule has 0 atom stereocenters. The second-order valence-corrected chi connectivity index (χ2v) is 3.72. The van der Waals surface area contributed by atoms with Gasteiger partial charge in [-0.1, -0.05) is 36.4 Å². The van der Waals surface area contributed by atoms with Crippen LogP contribution in [-0.4, -0.2) is 33.7 Å². The van der Waals surface area contributed by atoms with E-state index in [9.17, 15) is 0 Å². The fourth-order valence-electron chi connectivity index (χ4n) is 1.59. The van der Waals surface area contributed by atoms with Crippen molar-refractivity contribution in [2.45, 2.75) is 0 Å². The lowest BCUT2D eigenvalue weighted by Gasteiger charge is -2.08. The number of nitrogens with one attached hydrogen (secondary N) is 1. The van der Waals surface area contributed by atoms with Gasteiger partial charge in [-0.05, 0) is 11.5 Å². The Bertz CT molecular complexity index is 582. The minimum atomic E-state index is -1.50. The third-order valence-corrected chi connectivity index (χ3v) is 2.25. The number of fused-ring (bicyclic) bond motifs is 1. The number of benzene rings is 2. The summed E-state index contributed by atoms with van der Waals surface area (Å²) in [7, 11) is 0. The van der Waals surface area contributed by atoms with E-state index in [-0.39, 0.29) is 0 Å². The maximum absolute atomic E-state index is 8.36. The predicted molar refractivity (Wildman–Crippen MR) is 79.1 cm³/mol. The molecule has 0 radical (unpaired) electrons. The van der Waals surface area contributed by atoms with Gasteiger partial charge >= 0.3 is 0 Å². The van der Waals surface area contributed by atoms with Crippen LogP contribution in [0.4, 0.5) is 5.69 Å². The number of hydrogen-bond acceptors (Lipinski definition) is 6. The lowest BCUT2D eigenvalue weighted by Crippen LogP contribution is -2.13. The summed E-state index contributed by atoms with van der Waals surface area (Å²) in [5, 5.41) is 33.1. The molecule has 2 aromatic carbocycles. The highest BCUT2D eigenvalue weighted by Crippen LogP contribution is 2.22. The minimum Gasteiger partial charge on any atom is -0.383 e. The van der Waals surface area contributed by atoms with E-state index in [2.05, 4.69) is 47.8 Å². The van der Waals surface area contributed by atoms with Crippen molar-refractivity contribution in [3.63, 3.8) is 0 Å². The molecule has 0 saturated heterocycles. The Morgan fingerprint density at radius 3 is 2.05 bits per heavy atom. The maximum Gasteiger partial charge on any atom is 0.291 e. The SMILES string of the molecule is NCCNc1cccc2ccccc12.O=[N+]([O-])O.O=[N+]([O-])O. The van der Waals surface area contributed by atoms with Crippen LogP contribution >= 0.6 is 0 Å². The quantitative estimate of drug-likeness (QED) is 0.489. The standard InChI is InChI=1S/C12H14N2.2HNO3/c13-8-9-14-12-7-3-5-10-4-1-2-6-11(10)12;2*2-1(3)4/h1-7,14H,8-9,13H2;2*(H,2,3,4). The van der Waals surface area contributed by atoms with E-state index in [1.165, 1.54) is 10.8 Å². The van der Waals surface area contributed by atoms with E-state index >= 15 is 0 Å². The molecule has 0 aliphatic rings. The Morgan fingerprint density at radius 2 is 1.50 bits per heavy atom. The first-order valence-electron chi connectivity index (χ1n) is 5.96. The molecular weight excluding hydrogens is 296 g/mol. The van der Waals surface area contributed by atoms with Crippen LogP contribution in [0.25, 0.3) is 10.8 Å². The first kappa shape index (κ1) is 18.9. The van der Waals surface area contributed by atoms with Crippen molar-refractivity contribution in [1.82, 2.24) is 0 Å². The number of nitrogens with zero attached hydrogens (tertiary/aromatic N) is 2. The van der Waals surface area contributed by atoms with Crippen molar-refractivity contribution in [1.29, 1.82) is 0 Å². The van der Waals surface area contributed by atoms with E-state index in [0.29, 0.717) is 6.54 Å². The first-order valence-corrected chi connectivity index (χ1v) is 5.96. The summed E-state index contributed by atoms with van der Waals surface area (Å²) in [6.45, 7) is 1.47. The molecule has 0 aromatic heterocycles. The molecule has 5 N–H and O–H groups in total. The Labute approximate surface area is 125 Å². The summed E-state index contributed by atoms with van der Waals surface area (Å²) in [5.74, 6) is 0. The van der Waals surface area contributed by atoms with Crippen LogP contribution in [0, 0.1) is 20.2 Å². The van der Waals surface area contributed by atoms with Crippen LogP contribution in [-0.2, 0) is 0 Å². The van der Waals surface area contributed by atoms with Gasteiger partial charge in [-0.3, -0.25) is 0 Å². The summed E-state index contributed by atoms with van der Waals surface area (Å²) < 4.78 is 0. The molecule has 0 fully saturated rings. The van der Waals surface area contributed by atoms with Crippen molar-refractivity contribution >= 4 is 16.5 Å². The molecule has 10 heteroatoms. The van der Waals surface area contributed by atoms with Crippen LogP contribution in [0.3, 0.4) is 0 Å². The molecule has 0 heterocycles. The second-order valence-electron chi connectivity index (χ2n) is 3.72. The average Bonchev–Trinajstić information content (AvgIpc) is 2.44. The maximum atomic E-state index is 8.36. The highest BCUT2D eigenvalue weighted by atomic mass is 16.9. The predicted octanol–water partition coefficient (Wildman–Crippen LogP) is 1.51. The Morgan fingerprint density at radius 1 is 1.00 bits per heavy atom. The summed E-state index contributed by atoms with van der Waals surface area (Å²) >= 11 is 0. The molecule has 0 bridgehead atoms. The zero-order chi connectivity index (χ0) is 17.0. The average molecular weight is 312 g/mol. The minimum absolute atomic E-state index is 0.656. The second kappa shape index (κ2) is 10.6. The number of hydrogen-bond donors (Lipinski definition) is 4. The lowest BCUT2D eigenvalue weighted by molar-refractivity contribution is -0.742. The first-order chi connectivity index (χ1) is 10.4. The molecule has 120 valence electrons. The number of anilines is 1. The highest BCUT2D eigenvalue weighted by Gasteiger charge is 1.97. The summed E-state index contributed by atoms with van der Waals surface area (Å²) in [4.78, 5) is 16.7. The van der Waals surface area contributed by atoms with Gasteiger partial charge in [-0.25, -0.2) is 0 Å². The van der Waals surface area contributed by atoms with Gasteiger partial charge in [0.2, 0.25) is 0 Å². The van der Waals surface area contributed by atoms with Gasteiger partial charge in [0.25, 0.3) is 10.2 Å². The fraction of sp³-hybridized carbons (Fsp3) is 0.167. The summed E-state index contributed by atoms with van der Waals surface area (Å²) in [6.07, 6.45) is 0. The molecule has 2 aromatic rings. The molecule has 0 saturated carbocycles. The van der Waals surface area contributed by atoms with E-state index in [4.69, 9.17) is 36.4 Å². The molecule has 0 unspecified atom stereocenters. The molecule has 2 rings (SSSR count). The summed E-state index contributed by atoms with van der Waals surface area (Å²) in [6, 6.07) is 14.6. The Kier molecular flexibility index (Phi) is 9.11. The van der Waals surface area contributed by atoms with Crippen molar-refractivity contribution in [2.75, 3.05) is 18.4 Å². The lowest BCUT2D eigenvalue weighted by atomic mass is 10.1. The molecule has 0 aliphatic heterocycles. The third-order valence-electron chi connectivity index (χ3n) is 2.25. The van der Waals surface area contributed by atoms with Gasteiger partial charge in [0.15, 0.2) is 0 Å². The van der Waals surface area contributed by atoms with Gasteiger partial charge in [0.1, 0.15) is 0 Å². The molecule has 0 aliphatic carbocycles. The van der Waals surface area contributed by atoms with Crippen LogP contribution in [0.2, 0.25) is 0 Å². The van der Waals surface area contributed by atoms with Gasteiger partial charge in [-0.2, -0.15) is 0 Å². The van der Waals surface area contributed by atoms with E-state index in [1.54, 1.807) is 0 Å². The largest absolute Gasteiger partial charge is 0.383 e. The van der Waals surface area contributed by atoms with Gasteiger partial charge in [0, 0.05) is 24.2 Å². The molecule has 22 heavy (non-hydrogen) atoms. The van der Waals surface area contributed by atoms with Crippen molar-refractivity contribution in [3.8, 4) is 0 Å². The van der Waals surface area contributed by atoms with E-state index in [1.807, 2.05) is 0 Å². The van der Waals surface area contributed by atoms with Crippen LogP contribution < -0.4 is 11.1 Å². The highest BCUT2D eigenvalue weighted by molar-refractivity contribution is 5.93. The van der Waals surface area contributed by atoms with Crippen molar-refractivity contribution < 1.29 is 20.6 Å². The van der Waals surface area contributed by atoms with E-state index < -0.39 is 10.2 Å². The van der Waals surface area contributed by atoms with Gasteiger partial charge < -0.3 is 21.5 Å². The fourth-order valence-corrected chi connectivity index (χ4v) is 1.59. The Hall–Kier alpha value is -3.14. The summed E-state index contributed by atoms with van der Waals surface area (Å²) in [5.41, 5.74) is 6.62. The number of rotatable bonds is 3. The van der Waals surface area contributed by atoms with Crippen LogP contribution in [0.15, 0.2) is 42.5 Å². The van der Waals surface area contributed by atoms with E-state index in [0.717, 1.165) is 12.2 Å².